The number of carbonyl (C=O) groups is 1. The highest BCUT2D eigenvalue weighted by Gasteiger charge is 2.19. The van der Waals surface area contributed by atoms with Crippen molar-refractivity contribution in [3.05, 3.63) is 54.2 Å². The van der Waals surface area contributed by atoms with Crippen LogP contribution in [0.25, 0.3) is 33.1 Å². The Morgan fingerprint density at radius 2 is 1.66 bits per heavy atom. The van der Waals surface area contributed by atoms with Crippen LogP contribution in [0.3, 0.4) is 0 Å². The first kappa shape index (κ1) is 27.5. The Balaban J connectivity index is 1.61. The average molecular weight is 517 g/mol. The Morgan fingerprint density at radius 1 is 0.921 bits per heavy atom. The summed E-state index contributed by atoms with van der Waals surface area (Å²) in [5.74, 6) is 1.16. The Bertz CT molecular complexity index is 1360. The third-order valence-corrected chi connectivity index (χ3v) is 6.99. The van der Waals surface area contributed by atoms with Crippen molar-refractivity contribution in [2.45, 2.75) is 46.0 Å². The lowest BCUT2D eigenvalue weighted by molar-refractivity contribution is 0.0947. The van der Waals surface area contributed by atoms with E-state index in [1.165, 1.54) is 25.7 Å². The smallest absolute Gasteiger partial charge is 0.269 e. The molecule has 1 amide bonds. The maximum atomic E-state index is 13.3. The Kier molecular flexibility index (Phi) is 9.60. The minimum Gasteiger partial charge on any atom is -0.497 e. The van der Waals surface area contributed by atoms with Crippen molar-refractivity contribution in [1.82, 2.24) is 20.2 Å². The van der Waals surface area contributed by atoms with Gasteiger partial charge in [-0.2, -0.15) is 0 Å². The second kappa shape index (κ2) is 13.3. The van der Waals surface area contributed by atoms with E-state index in [0.29, 0.717) is 29.4 Å². The molecule has 2 aromatic heterocycles. The van der Waals surface area contributed by atoms with Crippen molar-refractivity contribution < 1.29 is 14.3 Å². The molecule has 0 spiro atoms. The molecule has 7 nitrogen and oxygen atoms in total. The van der Waals surface area contributed by atoms with Crippen LogP contribution >= 0.6 is 0 Å². The summed E-state index contributed by atoms with van der Waals surface area (Å²) in [6.45, 7) is 8.30. The van der Waals surface area contributed by atoms with Crippen LogP contribution in [0.15, 0.2) is 48.5 Å². The quantitative estimate of drug-likeness (QED) is 0.189. The number of aromatic nitrogens is 2. The van der Waals surface area contributed by atoms with Crippen molar-refractivity contribution in [3.8, 4) is 22.8 Å². The van der Waals surface area contributed by atoms with Crippen LogP contribution in [-0.4, -0.2) is 61.2 Å². The van der Waals surface area contributed by atoms with Gasteiger partial charge in [0.15, 0.2) is 0 Å². The Hall–Kier alpha value is -3.58. The number of hydrogen-bond acceptors (Lipinski definition) is 5. The number of amides is 1. The predicted octanol–water partition coefficient (Wildman–Crippen LogP) is 6.42. The molecule has 0 bridgehead atoms. The summed E-state index contributed by atoms with van der Waals surface area (Å²) in [4.78, 5) is 24.2. The molecule has 202 valence electrons. The van der Waals surface area contributed by atoms with E-state index in [1.807, 2.05) is 42.5 Å². The first-order valence-corrected chi connectivity index (χ1v) is 13.7. The van der Waals surface area contributed by atoms with Crippen molar-refractivity contribution in [2.24, 2.45) is 0 Å². The molecule has 38 heavy (non-hydrogen) atoms. The maximum Gasteiger partial charge on any atom is 0.269 e. The molecule has 0 radical (unpaired) electrons. The number of rotatable bonds is 14. The van der Waals surface area contributed by atoms with Gasteiger partial charge in [-0.1, -0.05) is 44.9 Å². The van der Waals surface area contributed by atoms with Crippen LogP contribution < -0.4 is 14.8 Å². The Morgan fingerprint density at radius 3 is 2.37 bits per heavy atom. The molecule has 0 aliphatic rings. The lowest BCUT2D eigenvalue weighted by Gasteiger charge is -2.21. The van der Waals surface area contributed by atoms with Crippen molar-refractivity contribution in [1.29, 1.82) is 0 Å². The summed E-state index contributed by atoms with van der Waals surface area (Å²) < 4.78 is 11.1. The molecular formula is C31H40N4O3. The molecule has 0 atom stereocenters. The average Bonchev–Trinajstić information content (AvgIpc) is 3.34. The fourth-order valence-corrected chi connectivity index (χ4v) is 4.85. The van der Waals surface area contributed by atoms with Gasteiger partial charge in [0.2, 0.25) is 0 Å². The van der Waals surface area contributed by atoms with Gasteiger partial charge in [-0.15, -0.1) is 0 Å². The number of unbranched alkanes of at least 4 members (excludes halogenated alkanes) is 2. The highest BCUT2D eigenvalue weighted by atomic mass is 16.5. The van der Waals surface area contributed by atoms with E-state index in [9.17, 15) is 4.79 Å². The first-order chi connectivity index (χ1) is 18.6. The van der Waals surface area contributed by atoms with Gasteiger partial charge in [0.05, 0.1) is 25.4 Å². The van der Waals surface area contributed by atoms with Crippen LogP contribution in [0.1, 0.15) is 56.4 Å². The molecule has 4 rings (SSSR count). The van der Waals surface area contributed by atoms with Crippen LogP contribution in [0, 0.1) is 0 Å². The van der Waals surface area contributed by atoms with Crippen molar-refractivity contribution in [2.75, 3.05) is 40.4 Å². The largest absolute Gasteiger partial charge is 0.497 e. The zero-order valence-corrected chi connectivity index (χ0v) is 23.1. The second-order valence-electron chi connectivity index (χ2n) is 9.67. The molecule has 0 unspecified atom stereocenters. The molecule has 0 aliphatic heterocycles. The lowest BCUT2D eigenvalue weighted by Crippen LogP contribution is -2.31. The van der Waals surface area contributed by atoms with E-state index < -0.39 is 0 Å². The highest BCUT2D eigenvalue weighted by Crippen LogP contribution is 2.38. The number of carbonyl (C=O) groups excluding carboxylic acids is 1. The van der Waals surface area contributed by atoms with Gasteiger partial charge in [-0.3, -0.25) is 4.79 Å². The Labute approximate surface area is 225 Å². The zero-order chi connectivity index (χ0) is 26.9. The van der Waals surface area contributed by atoms with Crippen molar-refractivity contribution in [3.63, 3.8) is 0 Å². The predicted molar refractivity (Wildman–Crippen MR) is 155 cm³/mol. The number of aromatic amines is 1. The normalized spacial score (nSPS) is 11.4. The van der Waals surface area contributed by atoms with Gasteiger partial charge in [0.1, 0.15) is 17.2 Å². The lowest BCUT2D eigenvalue weighted by atomic mass is 10.0. The van der Waals surface area contributed by atoms with Gasteiger partial charge in [-0.25, -0.2) is 4.98 Å². The molecular weight excluding hydrogens is 476 g/mol. The molecule has 0 saturated heterocycles. The number of nitrogens with zero attached hydrogens (tertiary/aromatic N) is 2. The summed E-state index contributed by atoms with van der Waals surface area (Å²) in [6, 6.07) is 15.6. The SMILES string of the molecule is CCCCN(CCCC)CCCNC(=O)c1cc2c([nH]c3ccccc32)c(-c2ccc(OC)cc2OC)n1. The monoisotopic (exact) mass is 516 g/mol. The molecule has 0 saturated carbocycles. The van der Waals surface area contributed by atoms with E-state index in [4.69, 9.17) is 14.5 Å². The number of para-hydroxylation sites is 1. The van der Waals surface area contributed by atoms with E-state index in [-0.39, 0.29) is 5.91 Å². The second-order valence-corrected chi connectivity index (χ2v) is 9.67. The van der Waals surface area contributed by atoms with E-state index >= 15 is 0 Å². The number of hydrogen-bond donors (Lipinski definition) is 2. The van der Waals surface area contributed by atoms with Crippen molar-refractivity contribution >= 4 is 27.7 Å². The molecule has 7 heteroatoms. The molecule has 2 aromatic carbocycles. The fraction of sp³-hybridized carbons (Fsp3) is 0.419. The topological polar surface area (TPSA) is 79.5 Å². The van der Waals surface area contributed by atoms with Crippen LogP contribution in [0.2, 0.25) is 0 Å². The molecule has 0 fully saturated rings. The molecule has 0 aliphatic carbocycles. The van der Waals surface area contributed by atoms with E-state index in [1.54, 1.807) is 14.2 Å². The number of fused-ring (bicyclic) bond motifs is 3. The number of benzene rings is 2. The van der Waals surface area contributed by atoms with E-state index in [0.717, 1.165) is 53.4 Å². The third kappa shape index (κ3) is 6.27. The van der Waals surface area contributed by atoms with Crippen LogP contribution in [0.4, 0.5) is 0 Å². The first-order valence-electron chi connectivity index (χ1n) is 13.7. The fourth-order valence-electron chi connectivity index (χ4n) is 4.85. The van der Waals surface area contributed by atoms with Crippen LogP contribution in [-0.2, 0) is 0 Å². The third-order valence-electron chi connectivity index (χ3n) is 6.99. The summed E-state index contributed by atoms with van der Waals surface area (Å²) in [5, 5.41) is 5.12. The number of pyridine rings is 1. The van der Waals surface area contributed by atoms with Crippen LogP contribution in [0.5, 0.6) is 11.5 Å². The molecule has 4 aromatic rings. The maximum absolute atomic E-state index is 13.3. The number of nitrogens with one attached hydrogen (secondary N) is 2. The standard InChI is InChI=1S/C31H40N4O3/c1-5-7-17-35(18-8-6-2)19-11-16-32-31(36)27-21-25-23-12-9-10-13-26(23)33-30(25)29(34-27)24-15-14-22(37-3)20-28(24)38-4/h9-10,12-15,20-21,33H,5-8,11,16-19H2,1-4H3,(H,32,36). The summed E-state index contributed by atoms with van der Waals surface area (Å²) in [7, 11) is 3.25. The van der Waals surface area contributed by atoms with E-state index in [2.05, 4.69) is 35.1 Å². The van der Waals surface area contributed by atoms with Gasteiger partial charge in [0, 0.05) is 34.5 Å². The van der Waals surface area contributed by atoms with Gasteiger partial charge in [0.25, 0.3) is 5.91 Å². The number of ether oxygens (including phenoxy) is 2. The highest BCUT2D eigenvalue weighted by molar-refractivity contribution is 6.13. The number of methoxy groups -OCH3 is 2. The minimum atomic E-state index is -0.167. The zero-order valence-electron chi connectivity index (χ0n) is 23.1. The molecule has 2 N–H and O–H groups in total. The molecule has 2 heterocycles. The summed E-state index contributed by atoms with van der Waals surface area (Å²) in [6.07, 6.45) is 5.73. The van der Waals surface area contributed by atoms with Gasteiger partial charge >= 0.3 is 0 Å². The van der Waals surface area contributed by atoms with Gasteiger partial charge < -0.3 is 24.7 Å². The summed E-state index contributed by atoms with van der Waals surface area (Å²) in [5.41, 5.74) is 3.73. The minimum absolute atomic E-state index is 0.167. The van der Waals surface area contributed by atoms with Gasteiger partial charge in [-0.05, 0) is 63.2 Å². The number of H-pyrrole nitrogens is 1. The summed E-state index contributed by atoms with van der Waals surface area (Å²) >= 11 is 0.